The number of aromatic nitrogens is 3. The number of amides is 1. The first-order chi connectivity index (χ1) is 15.9. The standard InChI is InChI=1S/C25H32N6OS/c1-5-29-10-12-30(13-11-29)23-9-7-21(14-20(23)4)27-24(32)16-33-25-28-26-17-31(25)22-8-6-18(2)19(3)15-22/h6-9,14-15,17H,5,10-13,16H2,1-4H3,(H,27,32). The van der Waals surface area contributed by atoms with Crippen LogP contribution in [0.15, 0.2) is 47.9 Å². The van der Waals surface area contributed by atoms with Gasteiger partial charge in [0.15, 0.2) is 5.16 Å². The zero-order valence-electron chi connectivity index (χ0n) is 19.8. The van der Waals surface area contributed by atoms with Gasteiger partial charge in [-0.15, -0.1) is 10.2 Å². The molecule has 0 unspecified atom stereocenters. The Hall–Kier alpha value is -2.84. The van der Waals surface area contributed by atoms with Crippen LogP contribution in [0.25, 0.3) is 5.69 Å². The Bertz CT molecular complexity index is 1120. The van der Waals surface area contributed by atoms with Crippen LogP contribution in [0, 0.1) is 20.8 Å². The number of hydrogen-bond acceptors (Lipinski definition) is 6. The molecule has 0 spiro atoms. The van der Waals surface area contributed by atoms with Gasteiger partial charge in [0.2, 0.25) is 5.91 Å². The van der Waals surface area contributed by atoms with Gasteiger partial charge in [-0.05, 0) is 74.3 Å². The average Bonchev–Trinajstić information content (AvgIpc) is 3.28. The second-order valence-corrected chi connectivity index (χ2v) is 9.45. The van der Waals surface area contributed by atoms with Crippen LogP contribution in [0.5, 0.6) is 0 Å². The lowest BCUT2D eigenvalue weighted by Crippen LogP contribution is -2.46. The van der Waals surface area contributed by atoms with Crippen LogP contribution in [-0.4, -0.2) is 64.0 Å². The lowest BCUT2D eigenvalue weighted by atomic mass is 10.1. The third-order valence-electron chi connectivity index (χ3n) is 6.26. The van der Waals surface area contributed by atoms with E-state index in [0.717, 1.165) is 44.1 Å². The average molecular weight is 465 g/mol. The maximum Gasteiger partial charge on any atom is 0.234 e. The molecule has 1 saturated heterocycles. The van der Waals surface area contributed by atoms with Crippen molar-refractivity contribution in [2.75, 3.05) is 48.7 Å². The van der Waals surface area contributed by atoms with E-state index in [9.17, 15) is 4.79 Å². The van der Waals surface area contributed by atoms with E-state index in [0.29, 0.717) is 5.16 Å². The van der Waals surface area contributed by atoms with Crippen molar-refractivity contribution in [3.8, 4) is 5.69 Å². The lowest BCUT2D eigenvalue weighted by molar-refractivity contribution is -0.113. The van der Waals surface area contributed by atoms with Crippen LogP contribution >= 0.6 is 11.8 Å². The summed E-state index contributed by atoms with van der Waals surface area (Å²) in [6.07, 6.45) is 1.69. The van der Waals surface area contributed by atoms with Gasteiger partial charge in [0.05, 0.1) is 5.75 Å². The van der Waals surface area contributed by atoms with Crippen LogP contribution in [0.2, 0.25) is 0 Å². The summed E-state index contributed by atoms with van der Waals surface area (Å²) in [5, 5.41) is 12.0. The van der Waals surface area contributed by atoms with Crippen molar-refractivity contribution >= 4 is 29.0 Å². The summed E-state index contributed by atoms with van der Waals surface area (Å²) in [4.78, 5) is 17.5. The zero-order chi connectivity index (χ0) is 23.4. The fourth-order valence-electron chi connectivity index (χ4n) is 4.10. The number of nitrogens with one attached hydrogen (secondary N) is 1. The van der Waals surface area contributed by atoms with Crippen molar-refractivity contribution in [1.82, 2.24) is 19.7 Å². The minimum absolute atomic E-state index is 0.0571. The molecule has 1 amide bonds. The molecule has 0 aliphatic carbocycles. The van der Waals surface area contributed by atoms with Gasteiger partial charge in [-0.1, -0.05) is 24.8 Å². The van der Waals surface area contributed by atoms with E-state index in [1.165, 1.54) is 34.1 Å². The van der Waals surface area contributed by atoms with E-state index in [-0.39, 0.29) is 11.7 Å². The third kappa shape index (κ3) is 5.57. The molecule has 33 heavy (non-hydrogen) atoms. The Morgan fingerprint density at radius 3 is 2.48 bits per heavy atom. The number of benzene rings is 2. The number of anilines is 2. The van der Waals surface area contributed by atoms with Crippen LogP contribution in [-0.2, 0) is 4.79 Å². The number of thioether (sulfide) groups is 1. The highest BCUT2D eigenvalue weighted by atomic mass is 32.2. The summed E-state index contributed by atoms with van der Waals surface area (Å²) in [5.41, 5.74) is 6.70. The highest BCUT2D eigenvalue weighted by molar-refractivity contribution is 7.99. The molecule has 0 bridgehead atoms. The number of carbonyl (C=O) groups excluding carboxylic acids is 1. The third-order valence-corrected chi connectivity index (χ3v) is 7.20. The Balaban J connectivity index is 1.35. The molecule has 1 fully saturated rings. The normalized spacial score (nSPS) is 14.5. The molecule has 1 aliphatic heterocycles. The molecule has 7 nitrogen and oxygen atoms in total. The van der Waals surface area contributed by atoms with Gasteiger partial charge < -0.3 is 15.1 Å². The number of nitrogens with zero attached hydrogens (tertiary/aromatic N) is 5. The number of carbonyl (C=O) groups is 1. The van der Waals surface area contributed by atoms with Gasteiger partial charge in [-0.3, -0.25) is 9.36 Å². The molecule has 3 aromatic rings. The summed E-state index contributed by atoms with van der Waals surface area (Å²) >= 11 is 1.38. The molecule has 1 aliphatic rings. The topological polar surface area (TPSA) is 66.3 Å². The number of aryl methyl sites for hydroxylation is 3. The molecule has 1 N–H and O–H groups in total. The van der Waals surface area contributed by atoms with Crippen LogP contribution in [0.3, 0.4) is 0 Å². The molecular weight excluding hydrogens is 432 g/mol. The minimum Gasteiger partial charge on any atom is -0.369 e. The summed E-state index contributed by atoms with van der Waals surface area (Å²) < 4.78 is 1.92. The monoisotopic (exact) mass is 464 g/mol. The van der Waals surface area contributed by atoms with Gasteiger partial charge in [0.25, 0.3) is 0 Å². The van der Waals surface area contributed by atoms with E-state index in [2.05, 4.69) is 77.3 Å². The van der Waals surface area contributed by atoms with E-state index in [4.69, 9.17) is 0 Å². The SMILES string of the molecule is CCN1CCN(c2ccc(NC(=O)CSc3nncn3-c3ccc(C)c(C)c3)cc2C)CC1. The Kier molecular flexibility index (Phi) is 7.35. The largest absolute Gasteiger partial charge is 0.369 e. The molecule has 2 heterocycles. The van der Waals surface area contributed by atoms with Crippen LogP contribution < -0.4 is 10.2 Å². The van der Waals surface area contributed by atoms with Crippen molar-refractivity contribution < 1.29 is 4.79 Å². The Labute approximate surface area is 200 Å². The minimum atomic E-state index is -0.0571. The summed E-state index contributed by atoms with van der Waals surface area (Å²) in [6.45, 7) is 13.9. The fourth-order valence-corrected chi connectivity index (χ4v) is 4.82. The highest BCUT2D eigenvalue weighted by Crippen LogP contribution is 2.26. The zero-order valence-corrected chi connectivity index (χ0v) is 20.7. The maximum absolute atomic E-state index is 12.6. The van der Waals surface area contributed by atoms with Gasteiger partial charge in [0.1, 0.15) is 6.33 Å². The summed E-state index contributed by atoms with van der Waals surface area (Å²) in [5.74, 6) is 0.210. The summed E-state index contributed by atoms with van der Waals surface area (Å²) in [7, 11) is 0. The predicted octanol–water partition coefficient (Wildman–Crippen LogP) is 4.07. The number of rotatable bonds is 7. The van der Waals surface area contributed by atoms with Gasteiger partial charge in [-0.25, -0.2) is 0 Å². The lowest BCUT2D eigenvalue weighted by Gasteiger charge is -2.36. The number of likely N-dealkylation sites (N-methyl/N-ethyl adjacent to an activating group) is 1. The molecule has 0 radical (unpaired) electrons. The molecular formula is C25H32N6OS. The van der Waals surface area contributed by atoms with Crippen molar-refractivity contribution in [2.24, 2.45) is 0 Å². The van der Waals surface area contributed by atoms with E-state index in [1.54, 1.807) is 6.33 Å². The Morgan fingerprint density at radius 2 is 1.79 bits per heavy atom. The quantitative estimate of drug-likeness (QED) is 0.532. The fraction of sp³-hybridized carbons (Fsp3) is 0.400. The predicted molar refractivity (Wildman–Crippen MR) is 136 cm³/mol. The maximum atomic E-state index is 12.6. The van der Waals surface area contributed by atoms with E-state index < -0.39 is 0 Å². The van der Waals surface area contributed by atoms with Gasteiger partial charge >= 0.3 is 0 Å². The van der Waals surface area contributed by atoms with Gasteiger partial charge in [0, 0.05) is 43.2 Å². The van der Waals surface area contributed by atoms with Crippen molar-refractivity contribution in [2.45, 2.75) is 32.9 Å². The second-order valence-electron chi connectivity index (χ2n) is 8.51. The van der Waals surface area contributed by atoms with Crippen LogP contribution in [0.4, 0.5) is 11.4 Å². The highest BCUT2D eigenvalue weighted by Gasteiger charge is 2.18. The van der Waals surface area contributed by atoms with Crippen molar-refractivity contribution in [1.29, 1.82) is 0 Å². The first-order valence-electron chi connectivity index (χ1n) is 11.4. The Morgan fingerprint density at radius 1 is 1.00 bits per heavy atom. The molecule has 8 heteroatoms. The van der Waals surface area contributed by atoms with E-state index in [1.807, 2.05) is 16.7 Å². The first-order valence-corrected chi connectivity index (χ1v) is 12.4. The number of hydrogen-bond donors (Lipinski definition) is 1. The smallest absolute Gasteiger partial charge is 0.234 e. The van der Waals surface area contributed by atoms with Crippen LogP contribution in [0.1, 0.15) is 23.6 Å². The van der Waals surface area contributed by atoms with Crippen molar-refractivity contribution in [3.05, 3.63) is 59.4 Å². The molecule has 1 aromatic heterocycles. The molecule has 0 atom stereocenters. The second kappa shape index (κ2) is 10.4. The number of piperazine rings is 1. The van der Waals surface area contributed by atoms with Gasteiger partial charge in [-0.2, -0.15) is 0 Å². The molecule has 0 saturated carbocycles. The first kappa shape index (κ1) is 23.3. The molecule has 4 rings (SSSR count). The molecule has 2 aromatic carbocycles. The summed E-state index contributed by atoms with van der Waals surface area (Å²) in [6, 6.07) is 12.4. The van der Waals surface area contributed by atoms with E-state index >= 15 is 0 Å². The molecule has 174 valence electrons. The van der Waals surface area contributed by atoms with Crippen molar-refractivity contribution in [3.63, 3.8) is 0 Å².